The number of carbonyl (C=O) groups is 1. The molecule has 0 aliphatic rings. The highest BCUT2D eigenvalue weighted by Gasteiger charge is 2.17. The summed E-state index contributed by atoms with van der Waals surface area (Å²) in [5, 5.41) is 16.0. The van der Waals surface area contributed by atoms with Crippen LogP contribution in [0.2, 0.25) is 0 Å². The van der Waals surface area contributed by atoms with Gasteiger partial charge in [-0.25, -0.2) is 4.79 Å². The zero-order valence-corrected chi connectivity index (χ0v) is 11.2. The fraction of sp³-hybridized carbons (Fsp3) is 0.818. The van der Waals surface area contributed by atoms with Crippen LogP contribution in [0.15, 0.2) is 0 Å². The fourth-order valence-corrected chi connectivity index (χ4v) is 1.49. The van der Waals surface area contributed by atoms with Gasteiger partial charge in [0.2, 0.25) is 0 Å². The van der Waals surface area contributed by atoms with Crippen molar-refractivity contribution >= 4 is 23.6 Å². The van der Waals surface area contributed by atoms with Gasteiger partial charge in [0.15, 0.2) is 12.0 Å². The fourth-order valence-electron chi connectivity index (χ4n) is 1.05. The highest BCUT2D eigenvalue weighted by atomic mass is 32.2. The molecule has 0 fully saturated rings. The van der Waals surface area contributed by atoms with Gasteiger partial charge in [-0.05, 0) is 25.4 Å². The minimum atomic E-state index is -0.754. The van der Waals surface area contributed by atoms with Gasteiger partial charge in [-0.15, -0.1) is 0 Å². The number of aliphatic hydroxyl groups is 1. The Bertz CT molecular complexity index is 236. The molecule has 0 saturated carbocycles. The van der Waals surface area contributed by atoms with Crippen LogP contribution in [0, 0.1) is 5.41 Å². The summed E-state index contributed by atoms with van der Waals surface area (Å²) in [7, 11) is 0. The van der Waals surface area contributed by atoms with Crippen LogP contribution in [0.1, 0.15) is 26.2 Å². The van der Waals surface area contributed by atoms with Gasteiger partial charge in [0.25, 0.3) is 0 Å². The Balaban J connectivity index is 3.71. The summed E-state index contributed by atoms with van der Waals surface area (Å²) in [5.74, 6) is 0.597. The second-order valence-electron chi connectivity index (χ2n) is 3.52. The average Bonchev–Trinajstić information content (AvgIpc) is 2.29. The standard InChI is InChI=1S/C11H21NO4S/c1-9(11(14)15-7-4-6-13)16-10(12)5-3-8-17-2/h9,12-13H,3-8H2,1-2H3. The molecule has 0 heterocycles. The van der Waals surface area contributed by atoms with Crippen molar-refractivity contribution in [1.29, 1.82) is 5.41 Å². The van der Waals surface area contributed by atoms with E-state index in [2.05, 4.69) is 0 Å². The zero-order valence-electron chi connectivity index (χ0n) is 10.4. The molecule has 0 spiro atoms. The Morgan fingerprint density at radius 3 is 2.76 bits per heavy atom. The maximum Gasteiger partial charge on any atom is 0.347 e. The second kappa shape index (κ2) is 10.4. The first-order valence-electron chi connectivity index (χ1n) is 5.62. The summed E-state index contributed by atoms with van der Waals surface area (Å²) in [4.78, 5) is 11.4. The minimum absolute atomic E-state index is 0.00692. The Labute approximate surface area is 106 Å². The molecule has 6 heteroatoms. The molecule has 5 nitrogen and oxygen atoms in total. The maximum atomic E-state index is 11.4. The van der Waals surface area contributed by atoms with Gasteiger partial charge in [-0.2, -0.15) is 11.8 Å². The number of hydrogen-bond acceptors (Lipinski definition) is 6. The monoisotopic (exact) mass is 263 g/mol. The van der Waals surface area contributed by atoms with E-state index in [1.54, 1.807) is 18.7 Å². The molecule has 0 amide bonds. The quantitative estimate of drug-likeness (QED) is 0.285. The first-order chi connectivity index (χ1) is 8.11. The summed E-state index contributed by atoms with van der Waals surface area (Å²) in [6.45, 7) is 1.74. The first kappa shape index (κ1) is 16.2. The molecule has 1 atom stereocenters. The predicted molar refractivity (Wildman–Crippen MR) is 68.6 cm³/mol. The van der Waals surface area contributed by atoms with Gasteiger partial charge < -0.3 is 14.6 Å². The average molecular weight is 263 g/mol. The third-order valence-corrected chi connectivity index (χ3v) is 2.65. The van der Waals surface area contributed by atoms with Crippen LogP contribution in [0.4, 0.5) is 0 Å². The molecule has 0 rings (SSSR count). The number of aliphatic hydroxyl groups excluding tert-OH is 1. The SMILES string of the molecule is CSCCCC(=N)OC(C)C(=O)OCCCO. The van der Waals surface area contributed by atoms with Crippen LogP contribution in [0.3, 0.4) is 0 Å². The lowest BCUT2D eigenvalue weighted by atomic mass is 10.3. The number of thioether (sulfide) groups is 1. The number of rotatable bonds is 9. The van der Waals surface area contributed by atoms with E-state index < -0.39 is 12.1 Å². The summed E-state index contributed by atoms with van der Waals surface area (Å²) in [5.41, 5.74) is 0. The van der Waals surface area contributed by atoms with E-state index in [0.29, 0.717) is 12.8 Å². The van der Waals surface area contributed by atoms with Gasteiger partial charge in [-0.1, -0.05) is 0 Å². The van der Waals surface area contributed by atoms with Crippen molar-refractivity contribution < 1.29 is 19.4 Å². The molecule has 0 bridgehead atoms. The summed E-state index contributed by atoms with van der Waals surface area (Å²) in [6.07, 6.45) is 3.08. The topological polar surface area (TPSA) is 79.6 Å². The molecule has 17 heavy (non-hydrogen) atoms. The van der Waals surface area contributed by atoms with E-state index in [1.165, 1.54) is 0 Å². The molecule has 1 unspecified atom stereocenters. The van der Waals surface area contributed by atoms with Crippen LogP contribution in [-0.2, 0) is 14.3 Å². The molecular weight excluding hydrogens is 242 g/mol. The van der Waals surface area contributed by atoms with Crippen molar-refractivity contribution in [2.45, 2.75) is 32.3 Å². The van der Waals surface area contributed by atoms with Crippen LogP contribution in [0.5, 0.6) is 0 Å². The molecule has 2 N–H and O–H groups in total. The van der Waals surface area contributed by atoms with Gasteiger partial charge in [0, 0.05) is 19.4 Å². The second-order valence-corrected chi connectivity index (χ2v) is 4.51. The van der Waals surface area contributed by atoms with Crippen molar-refractivity contribution in [3.63, 3.8) is 0 Å². The summed E-state index contributed by atoms with van der Waals surface area (Å²) < 4.78 is 9.97. The third-order valence-electron chi connectivity index (χ3n) is 1.95. The number of carbonyl (C=O) groups excluding carboxylic acids is 1. The van der Waals surface area contributed by atoms with E-state index in [-0.39, 0.29) is 19.1 Å². The maximum absolute atomic E-state index is 11.4. The van der Waals surface area contributed by atoms with Crippen LogP contribution < -0.4 is 0 Å². The van der Waals surface area contributed by atoms with Crippen LogP contribution in [-0.4, -0.2) is 48.3 Å². The van der Waals surface area contributed by atoms with Crippen molar-refractivity contribution in [1.82, 2.24) is 0 Å². The Kier molecular flexibility index (Phi) is 9.95. The largest absolute Gasteiger partial charge is 0.466 e. The number of ether oxygens (including phenoxy) is 2. The lowest BCUT2D eigenvalue weighted by molar-refractivity contribution is -0.152. The van der Waals surface area contributed by atoms with Gasteiger partial charge in [0.1, 0.15) is 0 Å². The Morgan fingerprint density at radius 2 is 2.18 bits per heavy atom. The van der Waals surface area contributed by atoms with Crippen molar-refractivity contribution in [2.75, 3.05) is 25.2 Å². The smallest absolute Gasteiger partial charge is 0.347 e. The van der Waals surface area contributed by atoms with Crippen molar-refractivity contribution in [3.05, 3.63) is 0 Å². The van der Waals surface area contributed by atoms with E-state index >= 15 is 0 Å². The Hall–Kier alpha value is -0.750. The number of nitrogens with one attached hydrogen (secondary N) is 1. The molecule has 0 aromatic heterocycles. The van der Waals surface area contributed by atoms with E-state index in [1.807, 2.05) is 6.26 Å². The third kappa shape index (κ3) is 9.00. The van der Waals surface area contributed by atoms with Crippen LogP contribution >= 0.6 is 11.8 Å². The molecular formula is C11H21NO4S. The van der Waals surface area contributed by atoms with E-state index in [0.717, 1.165) is 12.2 Å². The molecule has 0 aromatic rings. The van der Waals surface area contributed by atoms with Gasteiger partial charge >= 0.3 is 5.97 Å². The number of esters is 1. The van der Waals surface area contributed by atoms with Crippen LogP contribution in [0.25, 0.3) is 0 Å². The zero-order chi connectivity index (χ0) is 13.1. The lowest BCUT2D eigenvalue weighted by Gasteiger charge is -2.14. The summed E-state index contributed by atoms with van der Waals surface area (Å²) in [6, 6.07) is 0. The van der Waals surface area contributed by atoms with Crippen molar-refractivity contribution in [3.8, 4) is 0 Å². The molecule has 0 aromatic carbocycles. The lowest BCUT2D eigenvalue weighted by Crippen LogP contribution is -2.26. The van der Waals surface area contributed by atoms with Crippen molar-refractivity contribution in [2.24, 2.45) is 0 Å². The van der Waals surface area contributed by atoms with Gasteiger partial charge in [-0.3, -0.25) is 5.41 Å². The molecule has 100 valence electrons. The molecule has 0 aliphatic heterocycles. The normalized spacial score (nSPS) is 11.9. The highest BCUT2D eigenvalue weighted by Crippen LogP contribution is 2.04. The summed E-state index contributed by atoms with van der Waals surface area (Å²) >= 11 is 1.71. The van der Waals surface area contributed by atoms with E-state index in [4.69, 9.17) is 20.0 Å². The molecule has 0 radical (unpaired) electrons. The van der Waals surface area contributed by atoms with E-state index in [9.17, 15) is 4.79 Å². The predicted octanol–water partition coefficient (Wildman–Crippen LogP) is 1.44. The Morgan fingerprint density at radius 1 is 1.47 bits per heavy atom. The number of hydrogen-bond donors (Lipinski definition) is 2. The van der Waals surface area contributed by atoms with Gasteiger partial charge in [0.05, 0.1) is 6.61 Å². The highest BCUT2D eigenvalue weighted by molar-refractivity contribution is 7.98. The minimum Gasteiger partial charge on any atom is -0.466 e. The molecule has 0 saturated heterocycles. The molecule has 0 aliphatic carbocycles. The first-order valence-corrected chi connectivity index (χ1v) is 7.01.